The van der Waals surface area contributed by atoms with Crippen molar-refractivity contribution in [2.24, 2.45) is 0 Å². The average Bonchev–Trinajstić information content (AvgIpc) is 3.08. The summed E-state index contributed by atoms with van der Waals surface area (Å²) in [5.74, 6) is 0. The minimum absolute atomic E-state index is 0.0728. The number of thiazole rings is 1. The molecule has 1 N–H and O–H groups in total. The van der Waals surface area contributed by atoms with Gasteiger partial charge in [0.05, 0.1) is 22.7 Å². The molecule has 0 unspecified atom stereocenters. The molecule has 2 heterocycles. The zero-order valence-electron chi connectivity index (χ0n) is 15.3. The molecule has 0 amide bonds. The monoisotopic (exact) mass is 443 g/mol. The number of pyridine rings is 1. The SMILES string of the molecule is CC(C)(C)c1cc(-c2nc(-c3ccc(NSC(F)(F)F)cc3Cl)cs2)ccn1. The number of nitrogens with one attached hydrogen (secondary N) is 1. The Hall–Kier alpha value is -1.77. The molecule has 0 fully saturated rings. The summed E-state index contributed by atoms with van der Waals surface area (Å²) >= 11 is 7.43. The number of alkyl halides is 3. The van der Waals surface area contributed by atoms with Crippen molar-refractivity contribution in [2.75, 3.05) is 4.72 Å². The second-order valence-corrected chi connectivity index (χ2v) is 9.20. The Balaban J connectivity index is 1.84. The van der Waals surface area contributed by atoms with Gasteiger partial charge in [-0.1, -0.05) is 32.4 Å². The van der Waals surface area contributed by atoms with Crippen molar-refractivity contribution in [1.82, 2.24) is 9.97 Å². The number of hydrogen-bond donors (Lipinski definition) is 1. The fourth-order valence-corrected chi connectivity index (χ4v) is 3.86. The number of benzene rings is 1. The Labute approximate surface area is 174 Å². The van der Waals surface area contributed by atoms with E-state index in [0.29, 0.717) is 16.3 Å². The number of aromatic nitrogens is 2. The zero-order chi connectivity index (χ0) is 20.5. The van der Waals surface area contributed by atoms with Crippen LogP contribution in [0.3, 0.4) is 0 Å². The summed E-state index contributed by atoms with van der Waals surface area (Å²) in [7, 11) is 0. The largest absolute Gasteiger partial charge is 0.461 e. The van der Waals surface area contributed by atoms with E-state index in [1.165, 1.54) is 17.4 Å². The molecule has 3 rings (SSSR count). The molecule has 0 spiro atoms. The molecule has 9 heteroatoms. The van der Waals surface area contributed by atoms with Gasteiger partial charge in [0.2, 0.25) is 0 Å². The number of hydrogen-bond acceptors (Lipinski definition) is 5. The molecule has 148 valence electrons. The Morgan fingerprint density at radius 2 is 1.86 bits per heavy atom. The third-order valence-corrected chi connectivity index (χ3v) is 5.58. The molecule has 3 aromatic rings. The lowest BCUT2D eigenvalue weighted by Crippen LogP contribution is -2.13. The van der Waals surface area contributed by atoms with Gasteiger partial charge in [0.1, 0.15) is 5.01 Å². The van der Waals surface area contributed by atoms with E-state index in [1.54, 1.807) is 18.3 Å². The molecule has 3 nitrogen and oxygen atoms in total. The van der Waals surface area contributed by atoms with Crippen LogP contribution >= 0.6 is 34.9 Å². The molecular formula is C19H17ClF3N3S2. The van der Waals surface area contributed by atoms with Crippen LogP contribution in [-0.4, -0.2) is 15.5 Å². The second-order valence-electron chi connectivity index (χ2n) is 7.06. The van der Waals surface area contributed by atoms with Gasteiger partial charge in [-0.3, -0.25) is 4.98 Å². The first-order chi connectivity index (χ1) is 13.0. The minimum Gasteiger partial charge on any atom is -0.323 e. The zero-order valence-corrected chi connectivity index (χ0v) is 17.7. The lowest BCUT2D eigenvalue weighted by molar-refractivity contribution is -0.0323. The number of anilines is 1. The predicted molar refractivity (Wildman–Crippen MR) is 112 cm³/mol. The molecule has 0 aliphatic rings. The molecule has 0 radical (unpaired) electrons. The number of nitrogens with zero attached hydrogens (tertiary/aromatic N) is 2. The van der Waals surface area contributed by atoms with Crippen molar-refractivity contribution in [3.63, 3.8) is 0 Å². The molecule has 0 aliphatic heterocycles. The van der Waals surface area contributed by atoms with Crippen LogP contribution in [0, 0.1) is 0 Å². The first-order valence-corrected chi connectivity index (χ1v) is 10.3. The summed E-state index contributed by atoms with van der Waals surface area (Å²) in [4.78, 5) is 9.08. The van der Waals surface area contributed by atoms with Crippen LogP contribution in [0.5, 0.6) is 0 Å². The van der Waals surface area contributed by atoms with Gasteiger partial charge in [-0.15, -0.1) is 11.3 Å². The first kappa shape index (κ1) is 21.0. The third kappa shape index (κ3) is 5.18. The average molecular weight is 444 g/mol. The Morgan fingerprint density at radius 3 is 2.50 bits per heavy atom. The predicted octanol–water partition coefficient (Wildman–Crippen LogP) is 7.40. The smallest absolute Gasteiger partial charge is 0.323 e. The fraction of sp³-hybridized carbons (Fsp3) is 0.263. The van der Waals surface area contributed by atoms with E-state index < -0.39 is 5.51 Å². The summed E-state index contributed by atoms with van der Waals surface area (Å²) in [6, 6.07) is 8.59. The van der Waals surface area contributed by atoms with E-state index in [-0.39, 0.29) is 23.1 Å². The highest BCUT2D eigenvalue weighted by Gasteiger charge is 2.29. The van der Waals surface area contributed by atoms with Gasteiger partial charge >= 0.3 is 5.51 Å². The Bertz CT molecular complexity index is 981. The maximum atomic E-state index is 12.3. The van der Waals surface area contributed by atoms with E-state index in [4.69, 9.17) is 11.6 Å². The Morgan fingerprint density at radius 1 is 1.11 bits per heavy atom. The van der Waals surface area contributed by atoms with Crippen molar-refractivity contribution in [1.29, 1.82) is 0 Å². The maximum Gasteiger partial charge on any atom is 0.461 e. The lowest BCUT2D eigenvalue weighted by atomic mass is 9.91. The highest BCUT2D eigenvalue weighted by atomic mass is 35.5. The van der Waals surface area contributed by atoms with Crippen LogP contribution in [-0.2, 0) is 5.41 Å². The van der Waals surface area contributed by atoms with Crippen molar-refractivity contribution >= 4 is 40.6 Å². The van der Waals surface area contributed by atoms with Crippen LogP contribution in [0.1, 0.15) is 26.5 Å². The van der Waals surface area contributed by atoms with E-state index in [9.17, 15) is 13.2 Å². The van der Waals surface area contributed by atoms with Gasteiger partial charge < -0.3 is 4.72 Å². The normalized spacial score (nSPS) is 12.2. The van der Waals surface area contributed by atoms with E-state index in [0.717, 1.165) is 16.3 Å². The van der Waals surface area contributed by atoms with Crippen LogP contribution in [0.4, 0.5) is 18.9 Å². The first-order valence-electron chi connectivity index (χ1n) is 8.26. The van der Waals surface area contributed by atoms with Gasteiger partial charge in [0.25, 0.3) is 0 Å². The molecule has 0 saturated carbocycles. The second kappa shape index (κ2) is 7.93. The van der Waals surface area contributed by atoms with E-state index >= 15 is 0 Å². The van der Waals surface area contributed by atoms with Crippen molar-refractivity contribution in [3.05, 3.63) is 52.6 Å². The summed E-state index contributed by atoms with van der Waals surface area (Å²) < 4.78 is 39.2. The van der Waals surface area contributed by atoms with E-state index in [1.807, 2.05) is 17.5 Å². The summed E-state index contributed by atoms with van der Waals surface area (Å²) in [5, 5.41) is 3.04. The molecule has 0 atom stereocenters. The topological polar surface area (TPSA) is 37.8 Å². The summed E-state index contributed by atoms with van der Waals surface area (Å²) in [5.41, 5.74) is -0.895. The lowest BCUT2D eigenvalue weighted by Gasteiger charge is -2.17. The van der Waals surface area contributed by atoms with Crippen molar-refractivity contribution in [2.45, 2.75) is 31.7 Å². The van der Waals surface area contributed by atoms with Crippen LogP contribution in [0.15, 0.2) is 41.9 Å². The van der Waals surface area contributed by atoms with Crippen molar-refractivity contribution < 1.29 is 13.2 Å². The summed E-state index contributed by atoms with van der Waals surface area (Å²) in [6.07, 6.45) is 1.77. The maximum absolute atomic E-state index is 12.3. The molecule has 2 aromatic heterocycles. The molecule has 1 aromatic carbocycles. The Kier molecular flexibility index (Phi) is 5.93. The molecule has 0 bridgehead atoms. The highest BCUT2D eigenvalue weighted by molar-refractivity contribution is 8.01. The van der Waals surface area contributed by atoms with Gasteiger partial charge in [0, 0.05) is 39.5 Å². The van der Waals surface area contributed by atoms with Gasteiger partial charge in [-0.05, 0) is 30.3 Å². The van der Waals surface area contributed by atoms with Gasteiger partial charge in [0.15, 0.2) is 0 Å². The quantitative estimate of drug-likeness (QED) is 0.426. The van der Waals surface area contributed by atoms with Crippen LogP contribution < -0.4 is 4.72 Å². The highest BCUT2D eigenvalue weighted by Crippen LogP contribution is 2.36. The van der Waals surface area contributed by atoms with Crippen LogP contribution in [0.2, 0.25) is 5.02 Å². The molecular weight excluding hydrogens is 427 g/mol. The van der Waals surface area contributed by atoms with Crippen molar-refractivity contribution in [3.8, 4) is 21.8 Å². The van der Waals surface area contributed by atoms with Gasteiger partial charge in [-0.2, -0.15) is 13.2 Å². The third-order valence-electron chi connectivity index (χ3n) is 3.81. The molecule has 0 saturated heterocycles. The van der Waals surface area contributed by atoms with Crippen LogP contribution in [0.25, 0.3) is 21.8 Å². The fourth-order valence-electron chi connectivity index (χ4n) is 2.41. The number of halogens is 4. The minimum atomic E-state index is -4.37. The van der Waals surface area contributed by atoms with Gasteiger partial charge in [-0.25, -0.2) is 4.98 Å². The number of rotatable bonds is 4. The molecule has 28 heavy (non-hydrogen) atoms. The molecule has 0 aliphatic carbocycles. The standard InChI is InChI=1S/C19H17ClF3N3S2/c1-18(2,3)16-8-11(6-7-24-16)17-25-15(10-27-17)13-5-4-12(9-14(13)20)26-28-19(21,22)23/h4-10,26H,1-3H3. The summed E-state index contributed by atoms with van der Waals surface area (Å²) in [6.45, 7) is 6.29. The van der Waals surface area contributed by atoms with E-state index in [2.05, 4.69) is 35.5 Å².